The van der Waals surface area contributed by atoms with E-state index >= 15 is 0 Å². The molecule has 0 fully saturated rings. The third-order valence-electron chi connectivity index (χ3n) is 3.63. The Hall–Kier alpha value is -1.17. The molecule has 0 radical (unpaired) electrons. The summed E-state index contributed by atoms with van der Waals surface area (Å²) in [4.78, 5) is 5.73. The second kappa shape index (κ2) is 7.20. The van der Waals surface area contributed by atoms with Crippen molar-refractivity contribution in [1.82, 2.24) is 14.7 Å². The van der Waals surface area contributed by atoms with Crippen LogP contribution in [-0.4, -0.2) is 36.2 Å². The number of nitrogens with one attached hydrogen (secondary N) is 1. The monoisotopic (exact) mass is 307 g/mol. The van der Waals surface area contributed by atoms with Crippen molar-refractivity contribution in [3.63, 3.8) is 0 Å². The minimum atomic E-state index is 0.504. The molecule has 0 saturated heterocycles. The number of hydrogen-bond acceptors (Lipinski definition) is 4. The van der Waals surface area contributed by atoms with E-state index in [-0.39, 0.29) is 0 Å². The maximum atomic E-state index is 5.08. The Balaban J connectivity index is 2.27. The Morgan fingerprint density at radius 3 is 2.90 bits per heavy atom. The number of aromatic nitrogens is 2. The van der Waals surface area contributed by atoms with Crippen LogP contribution in [0.4, 0.5) is 0 Å². The van der Waals surface area contributed by atoms with Gasteiger partial charge in [-0.25, -0.2) is 4.98 Å². The van der Waals surface area contributed by atoms with Crippen LogP contribution in [-0.2, 0) is 4.74 Å². The van der Waals surface area contributed by atoms with E-state index in [2.05, 4.69) is 53.9 Å². The van der Waals surface area contributed by atoms with Gasteiger partial charge in [0.1, 0.15) is 0 Å². The van der Waals surface area contributed by atoms with Gasteiger partial charge in [-0.15, -0.1) is 11.3 Å². The van der Waals surface area contributed by atoms with Crippen LogP contribution in [0.1, 0.15) is 30.9 Å². The molecule has 0 aliphatic carbocycles. The molecule has 4 nitrogen and oxygen atoms in total. The molecule has 0 bridgehead atoms. The van der Waals surface area contributed by atoms with Crippen LogP contribution in [0.15, 0.2) is 11.0 Å². The zero-order valence-electron chi connectivity index (χ0n) is 13.6. The maximum absolute atomic E-state index is 5.08. The Kier molecular flexibility index (Phi) is 5.56. The molecule has 0 atom stereocenters. The highest BCUT2D eigenvalue weighted by molar-refractivity contribution is 7.15. The summed E-state index contributed by atoms with van der Waals surface area (Å²) in [7, 11) is 1.73. The quantitative estimate of drug-likeness (QED) is 0.798. The first-order valence-corrected chi connectivity index (χ1v) is 8.25. The number of nitrogens with zero attached hydrogens (tertiary/aromatic N) is 2. The number of fused-ring (bicyclic) bond motifs is 1. The van der Waals surface area contributed by atoms with Gasteiger partial charge >= 0.3 is 0 Å². The number of hydrogen-bond donors (Lipinski definition) is 1. The van der Waals surface area contributed by atoms with E-state index in [1.54, 1.807) is 18.4 Å². The molecule has 2 heterocycles. The first-order chi connectivity index (χ1) is 10.0. The van der Waals surface area contributed by atoms with Crippen molar-refractivity contribution in [2.75, 3.05) is 26.8 Å². The third kappa shape index (κ3) is 3.73. The third-order valence-corrected chi connectivity index (χ3v) is 4.57. The van der Waals surface area contributed by atoms with Gasteiger partial charge in [-0.2, -0.15) is 0 Å². The summed E-state index contributed by atoms with van der Waals surface area (Å²) >= 11 is 1.70. The minimum absolute atomic E-state index is 0.504. The molecule has 0 aliphatic heterocycles. The number of aryl methyl sites for hydroxylation is 2. The van der Waals surface area contributed by atoms with E-state index in [9.17, 15) is 0 Å². The van der Waals surface area contributed by atoms with Crippen molar-refractivity contribution < 1.29 is 4.74 Å². The van der Waals surface area contributed by atoms with Crippen molar-refractivity contribution in [2.45, 2.75) is 27.7 Å². The highest BCUT2D eigenvalue weighted by Gasteiger charge is 2.12. The van der Waals surface area contributed by atoms with E-state index in [4.69, 9.17) is 4.74 Å². The van der Waals surface area contributed by atoms with Gasteiger partial charge in [-0.3, -0.25) is 4.40 Å². The highest BCUT2D eigenvalue weighted by Crippen LogP contribution is 2.23. The molecule has 21 heavy (non-hydrogen) atoms. The molecule has 116 valence electrons. The Labute approximate surface area is 130 Å². The Morgan fingerprint density at radius 2 is 2.24 bits per heavy atom. The second-order valence-electron chi connectivity index (χ2n) is 5.62. The summed E-state index contributed by atoms with van der Waals surface area (Å²) < 4.78 is 7.32. The van der Waals surface area contributed by atoms with Crippen LogP contribution >= 0.6 is 11.3 Å². The lowest BCUT2D eigenvalue weighted by Gasteiger charge is -2.13. The number of methoxy groups -OCH3 is 1. The van der Waals surface area contributed by atoms with Gasteiger partial charge < -0.3 is 10.1 Å². The zero-order chi connectivity index (χ0) is 15.4. The van der Waals surface area contributed by atoms with E-state index in [0.717, 1.165) is 30.4 Å². The molecular weight excluding hydrogens is 282 g/mol. The van der Waals surface area contributed by atoms with Crippen LogP contribution in [0, 0.1) is 19.8 Å². The molecular formula is C16H25N3OS. The van der Waals surface area contributed by atoms with E-state index in [0.29, 0.717) is 5.92 Å². The van der Waals surface area contributed by atoms with Crippen LogP contribution in [0.2, 0.25) is 0 Å². The molecule has 0 saturated carbocycles. The average Bonchev–Trinajstić information content (AvgIpc) is 2.93. The zero-order valence-corrected chi connectivity index (χ0v) is 14.4. The lowest BCUT2D eigenvalue weighted by molar-refractivity contribution is 0.200. The standard InChI is InChI=1S/C16H25N3OS/c1-11(2)14(9-17-6-7-20-5)8-15-13(4)18-16-19(15)12(3)10-21-16/h8,10-11,17H,6-7,9H2,1-5H3. The number of ether oxygens (including phenoxy) is 1. The molecule has 1 N–H and O–H groups in total. The lowest BCUT2D eigenvalue weighted by atomic mass is 10.0. The van der Waals surface area contributed by atoms with Gasteiger partial charge in [0.15, 0.2) is 4.96 Å². The van der Waals surface area contributed by atoms with Gasteiger partial charge in [0.2, 0.25) is 0 Å². The van der Waals surface area contributed by atoms with E-state index < -0.39 is 0 Å². The minimum Gasteiger partial charge on any atom is -0.383 e. The van der Waals surface area contributed by atoms with Gasteiger partial charge in [0, 0.05) is 31.3 Å². The molecule has 2 aromatic rings. The van der Waals surface area contributed by atoms with E-state index in [1.807, 2.05) is 0 Å². The largest absolute Gasteiger partial charge is 0.383 e. The predicted octanol–water partition coefficient (Wildman–Crippen LogP) is 3.29. The van der Waals surface area contributed by atoms with Gasteiger partial charge in [0.25, 0.3) is 0 Å². The smallest absolute Gasteiger partial charge is 0.194 e. The van der Waals surface area contributed by atoms with Crippen molar-refractivity contribution in [1.29, 1.82) is 0 Å². The predicted molar refractivity (Wildman–Crippen MR) is 90.1 cm³/mol. The fourth-order valence-electron chi connectivity index (χ4n) is 2.30. The molecule has 2 rings (SSSR count). The molecule has 0 unspecified atom stereocenters. The average molecular weight is 307 g/mol. The number of rotatable bonds is 7. The summed E-state index contributed by atoms with van der Waals surface area (Å²) in [5.74, 6) is 0.504. The summed E-state index contributed by atoms with van der Waals surface area (Å²) in [6.07, 6.45) is 2.29. The van der Waals surface area contributed by atoms with Crippen LogP contribution in [0.25, 0.3) is 11.0 Å². The second-order valence-corrected chi connectivity index (χ2v) is 6.46. The summed E-state index contributed by atoms with van der Waals surface area (Å²) in [5.41, 5.74) is 4.94. The maximum Gasteiger partial charge on any atom is 0.194 e. The Morgan fingerprint density at radius 1 is 1.48 bits per heavy atom. The van der Waals surface area contributed by atoms with Crippen molar-refractivity contribution >= 4 is 22.4 Å². The van der Waals surface area contributed by atoms with Crippen LogP contribution in [0.5, 0.6) is 0 Å². The van der Waals surface area contributed by atoms with E-state index in [1.165, 1.54) is 17.0 Å². The number of thiazole rings is 1. The molecule has 0 aliphatic rings. The van der Waals surface area contributed by atoms with Crippen molar-refractivity contribution in [3.8, 4) is 0 Å². The molecule has 0 aromatic carbocycles. The number of imidazole rings is 1. The normalized spacial score (nSPS) is 12.8. The van der Waals surface area contributed by atoms with Gasteiger partial charge in [-0.05, 0) is 25.8 Å². The first-order valence-electron chi connectivity index (χ1n) is 7.37. The summed E-state index contributed by atoms with van der Waals surface area (Å²) in [6, 6.07) is 0. The van der Waals surface area contributed by atoms with Crippen molar-refractivity contribution in [2.24, 2.45) is 5.92 Å². The summed E-state index contributed by atoms with van der Waals surface area (Å²) in [6.45, 7) is 11.2. The first kappa shape index (κ1) is 16.2. The van der Waals surface area contributed by atoms with Crippen LogP contribution in [0.3, 0.4) is 0 Å². The van der Waals surface area contributed by atoms with Crippen molar-refractivity contribution in [3.05, 3.63) is 28.0 Å². The fraction of sp³-hybridized carbons (Fsp3) is 0.562. The lowest BCUT2D eigenvalue weighted by Crippen LogP contribution is -2.23. The van der Waals surface area contributed by atoms with Gasteiger partial charge in [0.05, 0.1) is 18.0 Å². The topological polar surface area (TPSA) is 38.6 Å². The highest BCUT2D eigenvalue weighted by atomic mass is 32.1. The molecule has 5 heteroatoms. The molecule has 0 spiro atoms. The van der Waals surface area contributed by atoms with Gasteiger partial charge in [-0.1, -0.05) is 19.4 Å². The van der Waals surface area contributed by atoms with Crippen LogP contribution < -0.4 is 5.32 Å². The molecule has 2 aromatic heterocycles. The fourth-order valence-corrected chi connectivity index (χ4v) is 3.22. The molecule has 0 amide bonds. The summed E-state index contributed by atoms with van der Waals surface area (Å²) in [5, 5.41) is 5.59. The Bertz CT molecular complexity index is 625. The SMILES string of the molecule is COCCNCC(=Cc1c(C)nc2scc(C)n12)C(C)C.